The zero-order valence-electron chi connectivity index (χ0n) is 17.1. The summed E-state index contributed by atoms with van der Waals surface area (Å²) in [5.74, 6) is -1.42. The van der Waals surface area contributed by atoms with Crippen molar-refractivity contribution in [3.05, 3.63) is 33.4 Å². The van der Waals surface area contributed by atoms with Gasteiger partial charge >= 0.3 is 10.2 Å². The van der Waals surface area contributed by atoms with E-state index >= 15 is 0 Å². The highest BCUT2D eigenvalue weighted by Crippen LogP contribution is 3.02. The summed E-state index contributed by atoms with van der Waals surface area (Å²) in [5, 5.41) is 14.8. The number of rotatable bonds is 9. The number of aromatic nitrogens is 2. The molecule has 0 aliphatic heterocycles. The molecule has 0 atom stereocenters. The summed E-state index contributed by atoms with van der Waals surface area (Å²) in [6.45, 7) is 0.0557. The number of hydrogen-bond donors (Lipinski definition) is 3. The van der Waals surface area contributed by atoms with Gasteiger partial charge in [-0.3, -0.25) is 9.59 Å². The highest BCUT2D eigenvalue weighted by Gasteiger charge is 2.65. The number of anilines is 1. The monoisotopic (exact) mass is 546 g/mol. The molecule has 2 aromatic rings. The van der Waals surface area contributed by atoms with Gasteiger partial charge in [-0.15, -0.1) is 0 Å². The second-order valence-corrected chi connectivity index (χ2v) is 11.0. The molecule has 1 aromatic heterocycles. The van der Waals surface area contributed by atoms with Crippen LogP contribution < -0.4 is 16.8 Å². The van der Waals surface area contributed by atoms with E-state index < -0.39 is 48.1 Å². The van der Waals surface area contributed by atoms with E-state index in [0.717, 1.165) is 4.68 Å². The summed E-state index contributed by atoms with van der Waals surface area (Å²) in [7, 11) is -10.1. The van der Waals surface area contributed by atoms with Crippen LogP contribution >= 0.6 is 33.4 Å². The van der Waals surface area contributed by atoms with Gasteiger partial charge in [-0.1, -0.05) is 42.6 Å². The van der Waals surface area contributed by atoms with Crippen molar-refractivity contribution in [2.75, 3.05) is 11.9 Å². The van der Waals surface area contributed by atoms with Gasteiger partial charge in [0.15, 0.2) is 5.69 Å². The third-order valence-electron chi connectivity index (χ3n) is 5.23. The molecule has 8 nitrogen and oxygen atoms in total. The first-order valence-electron chi connectivity index (χ1n) is 9.50. The number of primary amides is 2. The average Bonchev–Trinajstić information content (AvgIpc) is 3.40. The van der Waals surface area contributed by atoms with Crippen LogP contribution in [0.15, 0.2) is 17.0 Å². The first-order chi connectivity index (χ1) is 15.4. The van der Waals surface area contributed by atoms with Gasteiger partial charge in [-0.2, -0.15) is 10.4 Å². The van der Waals surface area contributed by atoms with Crippen LogP contribution in [0.5, 0.6) is 0 Å². The summed E-state index contributed by atoms with van der Waals surface area (Å²) >= 11 is 11.9. The number of hydrogen-bond acceptors (Lipinski definition) is 5. The standard InChI is InChI=1S/C18H17Cl2F5N6O2S/c19-10-6-9(34(21,22,23,24)25)7-11(20)15(10)31-16(29-5-1-2-13(27)32)14(12(8-26)30-31)18(3-4-18)17(28)33/h6-7,29H,1-5H2,(H2,27,32)(H2,28,33). The summed E-state index contributed by atoms with van der Waals surface area (Å²) in [4.78, 5) is 20.9. The van der Waals surface area contributed by atoms with E-state index in [1.807, 2.05) is 0 Å². The van der Waals surface area contributed by atoms with Crippen LogP contribution in [0.3, 0.4) is 0 Å². The maximum atomic E-state index is 13.3. The Labute approximate surface area is 199 Å². The van der Waals surface area contributed by atoms with E-state index in [4.69, 9.17) is 34.7 Å². The molecule has 5 N–H and O–H groups in total. The molecule has 1 heterocycles. The molecular weight excluding hydrogens is 530 g/mol. The van der Waals surface area contributed by atoms with E-state index in [1.165, 1.54) is 0 Å². The van der Waals surface area contributed by atoms with Crippen molar-refractivity contribution >= 4 is 51.1 Å². The molecule has 3 rings (SSSR count). The number of nitriles is 1. The van der Waals surface area contributed by atoms with Gasteiger partial charge in [0.2, 0.25) is 11.8 Å². The van der Waals surface area contributed by atoms with Gasteiger partial charge in [0.1, 0.15) is 22.5 Å². The fourth-order valence-corrected chi connectivity index (χ4v) is 4.91. The summed E-state index contributed by atoms with van der Waals surface area (Å²) < 4.78 is 67.3. The van der Waals surface area contributed by atoms with Crippen LogP contribution in [0, 0.1) is 11.3 Å². The first-order valence-corrected chi connectivity index (χ1v) is 12.2. The van der Waals surface area contributed by atoms with E-state index in [-0.39, 0.29) is 61.4 Å². The Morgan fingerprint density at radius 1 is 1.18 bits per heavy atom. The minimum absolute atomic E-state index is 0.00950. The number of carbonyl (C=O) groups excluding carboxylic acids is 2. The number of nitrogens with one attached hydrogen (secondary N) is 1. The Morgan fingerprint density at radius 2 is 1.74 bits per heavy atom. The SMILES string of the molecule is N#Cc1nn(-c2c(Cl)cc(S(F)(F)(F)(F)F)cc2Cl)c(NCCCC(N)=O)c1C1(C(N)=O)CC1. The quantitative estimate of drug-likeness (QED) is 0.303. The van der Waals surface area contributed by atoms with Crippen LogP contribution in [0.2, 0.25) is 10.0 Å². The third-order valence-corrected chi connectivity index (χ3v) is 6.93. The highest BCUT2D eigenvalue weighted by molar-refractivity contribution is 8.45. The Hall–Kier alpha value is -2.76. The van der Waals surface area contributed by atoms with Gasteiger partial charge in [0.25, 0.3) is 0 Å². The predicted octanol–water partition coefficient (Wildman–Crippen LogP) is 4.90. The maximum absolute atomic E-state index is 13.3. The van der Waals surface area contributed by atoms with Crippen molar-refractivity contribution in [2.24, 2.45) is 11.5 Å². The molecule has 0 spiro atoms. The van der Waals surface area contributed by atoms with Crippen molar-refractivity contribution in [3.8, 4) is 11.8 Å². The van der Waals surface area contributed by atoms with Crippen LogP contribution in [0.25, 0.3) is 5.69 Å². The number of nitrogens with zero attached hydrogens (tertiary/aromatic N) is 3. The van der Waals surface area contributed by atoms with Gasteiger partial charge in [-0.25, -0.2) is 4.68 Å². The largest absolute Gasteiger partial charge is 0.370 e. The molecule has 1 saturated carbocycles. The summed E-state index contributed by atoms with van der Waals surface area (Å²) in [6.07, 6.45) is 0.714. The number of carbonyl (C=O) groups is 2. The minimum Gasteiger partial charge on any atom is -0.370 e. The lowest BCUT2D eigenvalue weighted by atomic mass is 9.94. The summed E-state index contributed by atoms with van der Waals surface area (Å²) in [5.41, 5.74) is 8.68. The zero-order chi connectivity index (χ0) is 25.8. The number of halogens is 7. The Bertz CT molecular complexity index is 1230. The minimum atomic E-state index is -10.1. The molecule has 34 heavy (non-hydrogen) atoms. The highest BCUT2D eigenvalue weighted by atomic mass is 35.5. The van der Waals surface area contributed by atoms with Gasteiger partial charge in [-0.05, 0) is 31.4 Å². The van der Waals surface area contributed by atoms with Crippen LogP contribution in [0.4, 0.5) is 25.2 Å². The van der Waals surface area contributed by atoms with Gasteiger partial charge in [0, 0.05) is 18.5 Å². The van der Waals surface area contributed by atoms with E-state index in [1.54, 1.807) is 6.07 Å². The second-order valence-electron chi connectivity index (χ2n) is 7.74. The predicted molar refractivity (Wildman–Crippen MR) is 117 cm³/mol. The lowest BCUT2D eigenvalue weighted by Crippen LogP contribution is -2.30. The van der Waals surface area contributed by atoms with Crippen LogP contribution in [-0.4, -0.2) is 28.1 Å². The third kappa shape index (κ3) is 4.86. The van der Waals surface area contributed by atoms with E-state index in [9.17, 15) is 34.3 Å². The number of amides is 2. The lowest BCUT2D eigenvalue weighted by molar-refractivity contribution is -0.120. The zero-order valence-corrected chi connectivity index (χ0v) is 19.4. The fourth-order valence-electron chi connectivity index (χ4n) is 3.46. The normalized spacial score (nSPS) is 16.8. The molecule has 16 heteroatoms. The van der Waals surface area contributed by atoms with Crippen molar-refractivity contribution in [1.82, 2.24) is 9.78 Å². The Balaban J connectivity index is 2.23. The second kappa shape index (κ2) is 7.62. The molecule has 1 aliphatic rings. The lowest BCUT2D eigenvalue weighted by Gasteiger charge is -2.40. The molecule has 1 fully saturated rings. The summed E-state index contributed by atoms with van der Waals surface area (Å²) in [6, 6.07) is 1.81. The smallest absolute Gasteiger partial charge is 0.310 e. The molecule has 186 valence electrons. The molecule has 0 unspecified atom stereocenters. The van der Waals surface area contributed by atoms with Crippen molar-refractivity contribution in [1.29, 1.82) is 5.26 Å². The maximum Gasteiger partial charge on any atom is 0.310 e. The Kier molecular flexibility index (Phi) is 5.80. The first kappa shape index (κ1) is 25.9. The van der Waals surface area contributed by atoms with Crippen LogP contribution in [-0.2, 0) is 15.0 Å². The average molecular weight is 547 g/mol. The van der Waals surface area contributed by atoms with E-state index in [2.05, 4.69) is 10.4 Å². The molecule has 1 aromatic carbocycles. The van der Waals surface area contributed by atoms with Gasteiger partial charge in [0.05, 0.1) is 15.5 Å². The number of benzene rings is 1. The molecule has 1 aliphatic carbocycles. The molecular formula is C18H17Cl2F5N6O2S. The molecule has 0 radical (unpaired) electrons. The van der Waals surface area contributed by atoms with Crippen molar-refractivity contribution in [3.63, 3.8) is 0 Å². The van der Waals surface area contributed by atoms with Gasteiger partial charge < -0.3 is 16.8 Å². The van der Waals surface area contributed by atoms with Crippen molar-refractivity contribution in [2.45, 2.75) is 36.0 Å². The number of nitrogens with two attached hydrogens (primary N) is 2. The van der Waals surface area contributed by atoms with E-state index in [0.29, 0.717) is 0 Å². The Morgan fingerprint density at radius 3 is 2.15 bits per heavy atom. The topological polar surface area (TPSA) is 140 Å². The van der Waals surface area contributed by atoms with Crippen molar-refractivity contribution < 1.29 is 29.0 Å². The van der Waals surface area contributed by atoms with Crippen LogP contribution in [0.1, 0.15) is 36.9 Å². The molecule has 0 saturated heterocycles. The fraction of sp³-hybridized carbons (Fsp3) is 0.333. The molecule has 0 bridgehead atoms. The molecule has 2 amide bonds.